The van der Waals surface area contributed by atoms with Crippen LogP contribution in [-0.2, 0) is 37.9 Å². The Bertz CT molecular complexity index is 2020. The van der Waals surface area contributed by atoms with Gasteiger partial charge in [-0.1, -0.05) is 53.2 Å². The SMILES string of the molecule is C[C@H](CC[C@@H](O[C@@H]1O[C@H](CO[C@@H]2O[C@H](CO)[C@@H](O)[C@H](O)[C@H]2O)[C@@H](O)[C@H](O)[C@H]1O[C@@H]1O[C@H](CO)[C@@H](O)[C@H](O)[C@H]1O)C(C)(C)O)C1CC[C@@]2(C)C3CC=C4C(CC[C@H](O[C@@H]5O[C@H](CO)[C@@H](O)[C@H](O)[C@H]5O)C4(C)C)[C@]3(C)[C@H](O)C[C@]12C. The van der Waals surface area contributed by atoms with Crippen LogP contribution in [-0.4, -0.2) is 255 Å². The van der Waals surface area contributed by atoms with E-state index in [1.807, 2.05) is 0 Å². The second kappa shape index (κ2) is 23.7. The van der Waals surface area contributed by atoms with Crippen molar-refractivity contribution in [1.82, 2.24) is 0 Å². The Kier molecular flexibility index (Phi) is 19.1. The third-order valence-electron chi connectivity index (χ3n) is 20.8. The average molecular weight is 1130 g/mol. The summed E-state index contributed by atoms with van der Waals surface area (Å²) in [6.45, 7) is 13.5. The van der Waals surface area contributed by atoms with Gasteiger partial charge in [0.2, 0.25) is 0 Å². The van der Waals surface area contributed by atoms with Crippen LogP contribution < -0.4 is 0 Å². The maximum Gasteiger partial charge on any atom is 0.187 e. The third-order valence-corrected chi connectivity index (χ3v) is 20.8. The smallest absolute Gasteiger partial charge is 0.187 e. The number of hydrogen-bond acceptors (Lipinski definition) is 24. The summed E-state index contributed by atoms with van der Waals surface area (Å²) in [5.41, 5.74) is -2.07. The number of fused-ring (bicyclic) bond motifs is 5. The van der Waals surface area contributed by atoms with E-state index in [-0.39, 0.29) is 40.9 Å². The van der Waals surface area contributed by atoms with Crippen molar-refractivity contribution >= 4 is 0 Å². The molecule has 16 N–H and O–H groups in total. The molecule has 24 heteroatoms. The predicted octanol–water partition coefficient (Wildman–Crippen LogP) is -3.23. The van der Waals surface area contributed by atoms with E-state index in [0.717, 1.165) is 18.4 Å². The fraction of sp³-hybridized carbons (Fsp3) is 0.963. The van der Waals surface area contributed by atoms with Crippen molar-refractivity contribution in [2.45, 2.75) is 253 Å². The van der Waals surface area contributed by atoms with Crippen LogP contribution in [0.4, 0.5) is 0 Å². The monoisotopic (exact) mass is 1120 g/mol. The van der Waals surface area contributed by atoms with Gasteiger partial charge < -0.3 is 120 Å². The van der Waals surface area contributed by atoms with Gasteiger partial charge in [-0.05, 0) is 99.7 Å². The largest absolute Gasteiger partial charge is 0.394 e. The maximum atomic E-state index is 12.7. The standard InChI is InChI=1S/C54H92O24/c1-22(23-15-16-52(6)30-12-10-24-25(54(30,8)31(58)17-53(23,52)7)11-14-32(50(24,2)3)76-47-43(68)39(64)35(60)27(19-56)73-47)9-13-33(51(4,5)70)77-49-45(78-48-44(69)40(65)36(61)28(20-57)74-48)41(66)37(62)29(75-49)21-71-46-42(67)38(63)34(59)26(18-55)72-46/h10,22-23,25-49,55-70H,9,11-21H2,1-8H3/t22-,23?,25?,26-,27-,28-,29-,30?,31-,32+,33-,34-,35-,36-,37-,38+,39+,40+,41+,42-,43-,44-,45-,46-,47+,48+,49+,52+,53-,54+/m1/s1. The molecule has 4 aliphatic heterocycles. The van der Waals surface area contributed by atoms with Gasteiger partial charge in [0.05, 0.1) is 50.3 Å². The Morgan fingerprint density at radius 2 is 1.09 bits per heavy atom. The van der Waals surface area contributed by atoms with E-state index in [1.165, 1.54) is 13.8 Å². The van der Waals surface area contributed by atoms with Gasteiger partial charge in [0, 0.05) is 10.8 Å². The summed E-state index contributed by atoms with van der Waals surface area (Å²) in [6, 6.07) is 0. The third kappa shape index (κ3) is 11.0. The van der Waals surface area contributed by atoms with E-state index in [1.54, 1.807) is 0 Å². The van der Waals surface area contributed by atoms with Crippen molar-refractivity contribution in [2.24, 2.45) is 45.3 Å². The molecule has 0 amide bonds. The normalized spacial score (nSPS) is 51.4. The van der Waals surface area contributed by atoms with Gasteiger partial charge in [-0.2, -0.15) is 0 Å². The Morgan fingerprint density at radius 3 is 1.63 bits per heavy atom. The highest BCUT2D eigenvalue weighted by molar-refractivity contribution is 5.32. The first-order valence-corrected chi connectivity index (χ1v) is 28.0. The molecular formula is C54H92O24. The van der Waals surface area contributed by atoms with E-state index in [4.69, 9.17) is 37.9 Å². The van der Waals surface area contributed by atoms with E-state index >= 15 is 0 Å². The molecular weight excluding hydrogens is 1030 g/mol. The molecule has 8 aliphatic rings. The fourth-order valence-electron chi connectivity index (χ4n) is 15.6. The van der Waals surface area contributed by atoms with Crippen LogP contribution in [0, 0.1) is 45.3 Å². The summed E-state index contributed by atoms with van der Waals surface area (Å²) in [5, 5.41) is 172. The Morgan fingerprint density at radius 1 is 0.590 bits per heavy atom. The second-order valence-electron chi connectivity index (χ2n) is 25.9. The Balaban J connectivity index is 0.987. The molecule has 0 aromatic rings. The van der Waals surface area contributed by atoms with Crippen molar-refractivity contribution in [3.05, 3.63) is 11.6 Å². The van der Waals surface area contributed by atoms with Crippen LogP contribution in [0.3, 0.4) is 0 Å². The van der Waals surface area contributed by atoms with Gasteiger partial charge in [0.1, 0.15) is 97.7 Å². The minimum atomic E-state index is -1.93. The topological polar surface area (TPSA) is 398 Å². The molecule has 4 saturated heterocycles. The molecule has 8 rings (SSSR count). The van der Waals surface area contributed by atoms with E-state index < -0.39 is 184 Å². The summed E-state index contributed by atoms with van der Waals surface area (Å²) < 4.78 is 47.7. The highest BCUT2D eigenvalue weighted by Gasteiger charge is 2.70. The van der Waals surface area contributed by atoms with Crippen molar-refractivity contribution in [3.63, 3.8) is 0 Å². The van der Waals surface area contributed by atoms with Gasteiger partial charge >= 0.3 is 0 Å². The second-order valence-corrected chi connectivity index (χ2v) is 25.9. The first-order valence-electron chi connectivity index (χ1n) is 28.0. The number of aliphatic hydroxyl groups excluding tert-OH is 15. The van der Waals surface area contributed by atoms with Crippen LogP contribution in [0.5, 0.6) is 0 Å². The van der Waals surface area contributed by atoms with Crippen LogP contribution in [0.25, 0.3) is 0 Å². The highest BCUT2D eigenvalue weighted by Crippen LogP contribution is 2.75. The summed E-state index contributed by atoms with van der Waals surface area (Å²) in [7, 11) is 0. The van der Waals surface area contributed by atoms with Crippen molar-refractivity contribution in [2.75, 3.05) is 26.4 Å². The molecule has 24 nitrogen and oxygen atoms in total. The number of rotatable bonds is 17. The lowest BCUT2D eigenvalue weighted by atomic mass is 9.38. The lowest BCUT2D eigenvalue weighted by Crippen LogP contribution is -2.65. The van der Waals surface area contributed by atoms with Gasteiger partial charge in [-0.25, -0.2) is 0 Å². The van der Waals surface area contributed by atoms with Crippen LogP contribution in [0.2, 0.25) is 0 Å². The van der Waals surface area contributed by atoms with E-state index in [2.05, 4.69) is 47.6 Å². The van der Waals surface area contributed by atoms with Crippen molar-refractivity contribution in [1.29, 1.82) is 0 Å². The molecule has 452 valence electrons. The van der Waals surface area contributed by atoms with Crippen LogP contribution in [0.1, 0.15) is 107 Å². The average Bonchev–Trinajstić information content (AvgIpc) is 3.21. The molecule has 30 atom stereocenters. The molecule has 0 spiro atoms. The van der Waals surface area contributed by atoms with Crippen molar-refractivity contribution < 1.29 is 120 Å². The lowest BCUT2D eigenvalue weighted by molar-refractivity contribution is -0.380. The number of aliphatic hydroxyl groups is 16. The zero-order valence-corrected chi connectivity index (χ0v) is 46.1. The predicted molar refractivity (Wildman–Crippen MR) is 268 cm³/mol. The van der Waals surface area contributed by atoms with Gasteiger partial charge in [-0.15, -0.1) is 0 Å². The number of hydrogen-bond donors (Lipinski definition) is 16. The molecule has 3 saturated carbocycles. The van der Waals surface area contributed by atoms with E-state index in [9.17, 15) is 81.7 Å². The number of allylic oxidation sites excluding steroid dienone is 1. The zero-order valence-electron chi connectivity index (χ0n) is 46.1. The van der Waals surface area contributed by atoms with Crippen molar-refractivity contribution in [3.8, 4) is 0 Å². The van der Waals surface area contributed by atoms with Gasteiger partial charge in [-0.3, -0.25) is 0 Å². The molecule has 0 bridgehead atoms. The first-order chi connectivity index (χ1) is 36.4. The van der Waals surface area contributed by atoms with Gasteiger partial charge in [0.15, 0.2) is 25.2 Å². The first kappa shape index (κ1) is 62.8. The molecule has 78 heavy (non-hydrogen) atoms. The molecule has 0 aromatic heterocycles. The lowest BCUT2D eigenvalue weighted by Gasteiger charge is -2.67. The molecule has 0 radical (unpaired) electrons. The summed E-state index contributed by atoms with van der Waals surface area (Å²) >= 11 is 0. The highest BCUT2D eigenvalue weighted by atomic mass is 16.8. The molecule has 4 aliphatic carbocycles. The van der Waals surface area contributed by atoms with Crippen LogP contribution in [0.15, 0.2) is 11.6 Å². The number of ether oxygens (including phenoxy) is 8. The van der Waals surface area contributed by atoms with Crippen LogP contribution >= 0.6 is 0 Å². The van der Waals surface area contributed by atoms with E-state index in [0.29, 0.717) is 32.1 Å². The van der Waals surface area contributed by atoms with Gasteiger partial charge in [0.25, 0.3) is 0 Å². The Labute approximate surface area is 455 Å². The fourth-order valence-corrected chi connectivity index (χ4v) is 15.6. The summed E-state index contributed by atoms with van der Waals surface area (Å²) in [6.07, 6.45) is -27.6. The zero-order chi connectivity index (χ0) is 57.5. The summed E-state index contributed by atoms with van der Waals surface area (Å²) in [5.74, 6) is 0.223. The molecule has 3 unspecified atom stereocenters. The molecule has 4 heterocycles. The minimum absolute atomic E-state index is 0.00555. The molecule has 7 fully saturated rings. The maximum absolute atomic E-state index is 12.7. The molecule has 0 aromatic carbocycles. The minimum Gasteiger partial charge on any atom is -0.394 e. The Hall–Kier alpha value is -1.22. The quantitative estimate of drug-likeness (QED) is 0.0637. The summed E-state index contributed by atoms with van der Waals surface area (Å²) in [4.78, 5) is 0.